The van der Waals surface area contributed by atoms with Gasteiger partial charge in [-0.25, -0.2) is 0 Å². The molecular weight excluding hydrogens is 453 g/mol. The lowest BCUT2D eigenvalue weighted by atomic mass is 10.0. The van der Waals surface area contributed by atoms with E-state index in [9.17, 15) is 0 Å². The van der Waals surface area contributed by atoms with Gasteiger partial charge in [-0.1, -0.05) is 132 Å². The lowest BCUT2D eigenvalue weighted by Crippen LogP contribution is -2.74. The van der Waals surface area contributed by atoms with Crippen molar-refractivity contribution in [2.45, 2.75) is 73.1 Å². The standard InChI is InChI=1S/C33H42Si2/c1-23-19-30(34(8,9)10)21-31(20-23)35(29-17-12-11-13-18-29,32-24(2)15-14-16-25(32)3)33(7)22-26(4)27(5)28(33)6/h11-22H,1-10H3. The fraction of sp³-hybridized carbons (Fsp3) is 0.333. The molecule has 182 valence electrons. The summed E-state index contributed by atoms with van der Waals surface area (Å²) in [5, 5.41) is 6.14. The molecule has 0 N–H and O–H groups in total. The minimum atomic E-state index is -2.60. The molecule has 0 aliphatic heterocycles. The molecule has 0 spiro atoms. The Labute approximate surface area is 215 Å². The van der Waals surface area contributed by atoms with Crippen LogP contribution in [0.3, 0.4) is 0 Å². The molecule has 3 aromatic rings. The summed E-state index contributed by atoms with van der Waals surface area (Å²) < 4.78 is 0. The van der Waals surface area contributed by atoms with Crippen molar-refractivity contribution in [1.82, 2.24) is 0 Å². The Hall–Kier alpha value is -2.43. The summed E-state index contributed by atoms with van der Waals surface area (Å²) in [4.78, 5) is 0. The predicted octanol–water partition coefficient (Wildman–Crippen LogP) is 6.68. The van der Waals surface area contributed by atoms with Gasteiger partial charge in [-0.15, -0.1) is 0 Å². The van der Waals surface area contributed by atoms with Crippen LogP contribution in [0.1, 0.15) is 44.4 Å². The van der Waals surface area contributed by atoms with E-state index < -0.39 is 16.1 Å². The van der Waals surface area contributed by atoms with Gasteiger partial charge in [0.1, 0.15) is 0 Å². The van der Waals surface area contributed by atoms with Gasteiger partial charge in [-0.05, 0) is 62.7 Å². The summed E-state index contributed by atoms with van der Waals surface area (Å²) >= 11 is 0. The predicted molar refractivity (Wildman–Crippen MR) is 162 cm³/mol. The van der Waals surface area contributed by atoms with E-state index >= 15 is 0 Å². The molecule has 2 atom stereocenters. The largest absolute Gasteiger partial charge is 0.162 e. The maximum absolute atomic E-state index is 2.62. The van der Waals surface area contributed by atoms with Gasteiger partial charge >= 0.3 is 0 Å². The first-order valence-electron chi connectivity index (χ1n) is 13.0. The van der Waals surface area contributed by atoms with E-state index in [4.69, 9.17) is 0 Å². The molecule has 1 aliphatic carbocycles. The second kappa shape index (κ2) is 8.90. The van der Waals surface area contributed by atoms with Gasteiger partial charge in [0.2, 0.25) is 0 Å². The van der Waals surface area contributed by atoms with Crippen molar-refractivity contribution in [2.24, 2.45) is 0 Å². The molecule has 2 unspecified atom stereocenters. The fourth-order valence-electron chi connectivity index (χ4n) is 6.57. The van der Waals surface area contributed by atoms with Crippen molar-refractivity contribution in [3.8, 4) is 0 Å². The van der Waals surface area contributed by atoms with Gasteiger partial charge < -0.3 is 0 Å². The molecule has 0 radical (unpaired) electrons. The zero-order valence-electron chi connectivity index (χ0n) is 23.4. The highest BCUT2D eigenvalue weighted by molar-refractivity contribution is 7.14. The lowest BCUT2D eigenvalue weighted by Gasteiger charge is -2.48. The van der Waals surface area contributed by atoms with Gasteiger partial charge in [-0.2, -0.15) is 0 Å². The fourth-order valence-corrected chi connectivity index (χ4v) is 14.6. The Morgan fingerprint density at radius 2 is 1.20 bits per heavy atom. The van der Waals surface area contributed by atoms with Crippen LogP contribution in [0.2, 0.25) is 24.7 Å². The first-order valence-corrected chi connectivity index (χ1v) is 18.5. The molecule has 0 bridgehead atoms. The smallest absolute Gasteiger partial charge is 0.0730 e. The van der Waals surface area contributed by atoms with Crippen LogP contribution in [0.15, 0.2) is 89.5 Å². The molecule has 0 nitrogen and oxygen atoms in total. The highest BCUT2D eigenvalue weighted by atomic mass is 28.3. The summed E-state index contributed by atoms with van der Waals surface area (Å²) in [6, 6.07) is 26.0. The third kappa shape index (κ3) is 3.95. The van der Waals surface area contributed by atoms with Crippen molar-refractivity contribution in [3.63, 3.8) is 0 Å². The molecule has 0 fully saturated rings. The van der Waals surface area contributed by atoms with E-state index in [-0.39, 0.29) is 5.04 Å². The Morgan fingerprint density at radius 1 is 0.629 bits per heavy atom. The monoisotopic (exact) mass is 494 g/mol. The Kier molecular flexibility index (Phi) is 6.53. The summed E-state index contributed by atoms with van der Waals surface area (Å²) in [7, 11) is -4.12. The molecule has 0 saturated heterocycles. The third-order valence-electron chi connectivity index (χ3n) is 8.66. The van der Waals surface area contributed by atoms with Gasteiger partial charge in [0.15, 0.2) is 8.07 Å². The highest BCUT2D eigenvalue weighted by Crippen LogP contribution is 2.53. The van der Waals surface area contributed by atoms with Crippen LogP contribution < -0.4 is 20.7 Å². The van der Waals surface area contributed by atoms with E-state index in [2.05, 4.69) is 141 Å². The maximum atomic E-state index is 2.62. The minimum absolute atomic E-state index is 0.0656. The van der Waals surface area contributed by atoms with Crippen LogP contribution in [0.5, 0.6) is 0 Å². The quantitative estimate of drug-likeness (QED) is 0.274. The van der Waals surface area contributed by atoms with Gasteiger partial charge in [-0.3, -0.25) is 0 Å². The van der Waals surface area contributed by atoms with E-state index in [0.29, 0.717) is 0 Å². The van der Waals surface area contributed by atoms with Gasteiger partial charge in [0, 0.05) is 5.04 Å². The molecule has 0 heterocycles. The van der Waals surface area contributed by atoms with Crippen LogP contribution in [-0.4, -0.2) is 16.1 Å². The van der Waals surface area contributed by atoms with Crippen molar-refractivity contribution in [1.29, 1.82) is 0 Å². The van der Waals surface area contributed by atoms with Gasteiger partial charge in [0.05, 0.1) is 8.07 Å². The average molecular weight is 495 g/mol. The topological polar surface area (TPSA) is 0 Å². The normalized spacial score (nSPS) is 20.1. The molecule has 3 aromatic carbocycles. The molecule has 0 aromatic heterocycles. The average Bonchev–Trinajstić information content (AvgIpc) is 2.99. The Bertz CT molecular complexity index is 1320. The summed E-state index contributed by atoms with van der Waals surface area (Å²) in [5.74, 6) is 0. The highest BCUT2D eigenvalue weighted by Gasteiger charge is 2.57. The van der Waals surface area contributed by atoms with Crippen LogP contribution in [0.4, 0.5) is 0 Å². The number of benzene rings is 3. The zero-order valence-corrected chi connectivity index (χ0v) is 25.4. The Morgan fingerprint density at radius 3 is 1.71 bits per heavy atom. The van der Waals surface area contributed by atoms with Gasteiger partial charge in [0.25, 0.3) is 0 Å². The zero-order chi connectivity index (χ0) is 25.8. The number of hydrogen-bond acceptors (Lipinski definition) is 0. The molecule has 35 heavy (non-hydrogen) atoms. The van der Waals surface area contributed by atoms with Crippen molar-refractivity contribution >= 4 is 36.9 Å². The van der Waals surface area contributed by atoms with Crippen LogP contribution >= 0.6 is 0 Å². The Balaban J connectivity index is 2.31. The van der Waals surface area contributed by atoms with E-state index in [1.165, 1.54) is 38.6 Å². The molecule has 0 amide bonds. The first-order chi connectivity index (χ1) is 16.3. The van der Waals surface area contributed by atoms with Crippen LogP contribution in [0, 0.1) is 20.8 Å². The SMILES string of the molecule is CC1=CC(C)([Si](c2ccccc2)(c2cc(C)cc([Si](C)(C)C)c2)c2c(C)cccc2C)C(C)=C1C. The van der Waals surface area contributed by atoms with E-state index in [1.54, 1.807) is 15.6 Å². The number of aryl methyl sites for hydroxylation is 3. The third-order valence-corrected chi connectivity index (χ3v) is 16.6. The van der Waals surface area contributed by atoms with E-state index in [1.807, 2.05) is 0 Å². The number of allylic oxidation sites excluding steroid dienone is 4. The maximum Gasteiger partial charge on any atom is 0.162 e. The summed E-state index contributed by atoms with van der Waals surface area (Å²) in [6.45, 7) is 24.0. The van der Waals surface area contributed by atoms with Crippen molar-refractivity contribution in [3.05, 3.63) is 106 Å². The molecular formula is C33H42Si2. The van der Waals surface area contributed by atoms with Crippen molar-refractivity contribution < 1.29 is 0 Å². The number of rotatable bonds is 5. The molecule has 2 heteroatoms. The van der Waals surface area contributed by atoms with Crippen LogP contribution in [0.25, 0.3) is 0 Å². The van der Waals surface area contributed by atoms with E-state index in [0.717, 1.165) is 0 Å². The molecule has 1 aliphatic rings. The summed E-state index contributed by atoms with van der Waals surface area (Å²) in [5.41, 5.74) is 8.65. The lowest BCUT2D eigenvalue weighted by molar-refractivity contribution is 0.869. The second-order valence-electron chi connectivity index (χ2n) is 12.0. The minimum Gasteiger partial charge on any atom is -0.0730 e. The molecule has 4 rings (SSSR count). The number of hydrogen-bond donors (Lipinski definition) is 0. The van der Waals surface area contributed by atoms with Crippen molar-refractivity contribution in [2.75, 3.05) is 0 Å². The van der Waals surface area contributed by atoms with Crippen LogP contribution in [-0.2, 0) is 0 Å². The molecule has 0 saturated carbocycles. The summed E-state index contributed by atoms with van der Waals surface area (Å²) in [6.07, 6.45) is 2.62. The first kappa shape index (κ1) is 25.7. The second-order valence-corrected chi connectivity index (χ2v) is 21.3.